The lowest BCUT2D eigenvalue weighted by molar-refractivity contribution is -0.0517. The first-order chi connectivity index (χ1) is 12.5. The Morgan fingerprint density at radius 2 is 1.88 bits per heavy atom. The van der Waals surface area contributed by atoms with Gasteiger partial charge in [0, 0.05) is 30.6 Å². The average molecular weight is 378 g/mol. The number of aromatic nitrogens is 1. The zero-order valence-corrected chi connectivity index (χ0v) is 14.4. The van der Waals surface area contributed by atoms with Gasteiger partial charge in [-0.25, -0.2) is 12.4 Å². The molecule has 0 aliphatic carbocycles. The molecule has 0 unspecified atom stereocenters. The van der Waals surface area contributed by atoms with Gasteiger partial charge in [-0.1, -0.05) is 18.2 Å². The van der Waals surface area contributed by atoms with Crippen LogP contribution in [0.2, 0.25) is 0 Å². The van der Waals surface area contributed by atoms with Gasteiger partial charge in [-0.2, -0.15) is 8.78 Å². The van der Waals surface area contributed by atoms with E-state index in [9.17, 15) is 17.2 Å². The third kappa shape index (κ3) is 2.85. The van der Waals surface area contributed by atoms with Gasteiger partial charge in [0.25, 0.3) is 10.0 Å². The molecule has 4 rings (SSSR count). The predicted octanol–water partition coefficient (Wildman–Crippen LogP) is 3.17. The maximum absolute atomic E-state index is 13.0. The minimum atomic E-state index is -4.08. The zero-order chi connectivity index (χ0) is 18.3. The average Bonchev–Trinajstić information content (AvgIpc) is 2.97. The Balaban J connectivity index is 1.79. The van der Waals surface area contributed by atoms with Crippen molar-refractivity contribution >= 4 is 20.9 Å². The standard InChI is InChI=1S/C18H16F2N2O3S/c19-18(20)25-16-3-1-2-4-17(16)26(23,24)22-8-7-13-9-12(5-6-15(13)22)14-10-21-11-14/h1-9,14,18,21H,10-11H2. The fraction of sp³-hybridized carbons (Fsp3) is 0.222. The summed E-state index contributed by atoms with van der Waals surface area (Å²) in [7, 11) is -4.08. The largest absolute Gasteiger partial charge is 0.433 e. The van der Waals surface area contributed by atoms with E-state index in [1.807, 2.05) is 12.1 Å². The van der Waals surface area contributed by atoms with Gasteiger partial charge in [0.1, 0.15) is 10.6 Å². The molecule has 0 bridgehead atoms. The molecule has 2 heterocycles. The summed E-state index contributed by atoms with van der Waals surface area (Å²) in [6, 6.07) is 12.7. The molecule has 0 saturated carbocycles. The van der Waals surface area contributed by atoms with Gasteiger partial charge >= 0.3 is 6.61 Å². The van der Waals surface area contributed by atoms with E-state index >= 15 is 0 Å². The lowest BCUT2D eigenvalue weighted by Gasteiger charge is -2.27. The van der Waals surface area contributed by atoms with Crippen LogP contribution in [0.4, 0.5) is 8.78 Å². The minimum Gasteiger partial charge on any atom is -0.433 e. The highest BCUT2D eigenvalue weighted by Crippen LogP contribution is 2.31. The van der Waals surface area contributed by atoms with Gasteiger partial charge in [-0.05, 0) is 35.9 Å². The SMILES string of the molecule is O=S(=O)(c1ccccc1OC(F)F)n1ccc2cc(C3CNC3)ccc21. The summed E-state index contributed by atoms with van der Waals surface area (Å²) in [5, 5.41) is 3.99. The summed E-state index contributed by atoms with van der Waals surface area (Å²) in [5.41, 5.74) is 1.64. The number of hydrogen-bond donors (Lipinski definition) is 1. The molecule has 0 amide bonds. The number of benzene rings is 2. The summed E-state index contributed by atoms with van der Waals surface area (Å²) in [6.07, 6.45) is 1.43. The smallest absolute Gasteiger partial charge is 0.387 e. The summed E-state index contributed by atoms with van der Waals surface area (Å²) >= 11 is 0. The number of fused-ring (bicyclic) bond motifs is 1. The number of alkyl halides is 2. The van der Waals surface area contributed by atoms with Gasteiger partial charge in [-0.3, -0.25) is 0 Å². The van der Waals surface area contributed by atoms with Crippen LogP contribution >= 0.6 is 0 Å². The maximum atomic E-state index is 13.0. The van der Waals surface area contributed by atoms with Crippen LogP contribution in [0.3, 0.4) is 0 Å². The molecule has 2 aromatic carbocycles. The third-order valence-electron chi connectivity index (χ3n) is 4.53. The molecule has 136 valence electrons. The molecule has 0 atom stereocenters. The van der Waals surface area contributed by atoms with E-state index in [1.165, 1.54) is 30.5 Å². The molecule has 1 N–H and O–H groups in total. The van der Waals surface area contributed by atoms with Crippen LogP contribution in [0.25, 0.3) is 10.9 Å². The summed E-state index contributed by atoms with van der Waals surface area (Å²) in [4.78, 5) is -0.301. The second-order valence-corrected chi connectivity index (χ2v) is 7.90. The molecule has 0 radical (unpaired) electrons. The number of ether oxygens (including phenoxy) is 1. The Bertz CT molecular complexity index is 1060. The van der Waals surface area contributed by atoms with E-state index < -0.39 is 16.6 Å². The van der Waals surface area contributed by atoms with Crippen molar-refractivity contribution in [1.82, 2.24) is 9.29 Å². The molecule has 1 aliphatic heterocycles. The number of rotatable bonds is 5. The van der Waals surface area contributed by atoms with E-state index in [0.29, 0.717) is 11.4 Å². The quantitative estimate of drug-likeness (QED) is 0.741. The first kappa shape index (κ1) is 17.0. The van der Waals surface area contributed by atoms with Crippen molar-refractivity contribution < 1.29 is 21.9 Å². The summed E-state index contributed by atoms with van der Waals surface area (Å²) in [6.45, 7) is -1.29. The monoisotopic (exact) mass is 378 g/mol. The normalized spacial score (nSPS) is 15.3. The number of para-hydroxylation sites is 1. The zero-order valence-electron chi connectivity index (χ0n) is 13.6. The summed E-state index contributed by atoms with van der Waals surface area (Å²) < 4.78 is 56.8. The van der Waals surface area contributed by atoms with Gasteiger partial charge in [0.2, 0.25) is 0 Å². The number of hydrogen-bond acceptors (Lipinski definition) is 4. The Morgan fingerprint density at radius 3 is 2.58 bits per heavy atom. The number of nitrogens with zero attached hydrogens (tertiary/aromatic N) is 1. The third-order valence-corrected chi connectivity index (χ3v) is 6.26. The molecular weight excluding hydrogens is 362 g/mol. The second kappa shape index (κ2) is 6.37. The Labute approximate surface area is 149 Å². The van der Waals surface area contributed by atoms with Crippen LogP contribution in [-0.2, 0) is 10.0 Å². The van der Waals surface area contributed by atoms with Crippen molar-refractivity contribution in [2.75, 3.05) is 13.1 Å². The van der Waals surface area contributed by atoms with E-state index in [1.54, 1.807) is 12.1 Å². The van der Waals surface area contributed by atoms with Crippen molar-refractivity contribution in [3.05, 3.63) is 60.3 Å². The van der Waals surface area contributed by atoms with Crippen LogP contribution in [0.5, 0.6) is 5.75 Å². The molecule has 5 nitrogen and oxygen atoms in total. The molecule has 26 heavy (non-hydrogen) atoms. The van der Waals surface area contributed by atoms with Crippen LogP contribution in [-0.4, -0.2) is 32.1 Å². The van der Waals surface area contributed by atoms with Crippen LogP contribution < -0.4 is 10.1 Å². The fourth-order valence-electron chi connectivity index (χ4n) is 3.09. The Morgan fingerprint density at radius 1 is 1.12 bits per heavy atom. The predicted molar refractivity (Wildman–Crippen MR) is 93.2 cm³/mol. The molecule has 8 heteroatoms. The molecule has 3 aromatic rings. The highest BCUT2D eigenvalue weighted by atomic mass is 32.2. The number of nitrogens with one attached hydrogen (secondary N) is 1. The molecule has 1 fully saturated rings. The first-order valence-corrected chi connectivity index (χ1v) is 9.52. The lowest BCUT2D eigenvalue weighted by atomic mass is 9.93. The Hall–Kier alpha value is -2.45. The Kier molecular flexibility index (Phi) is 4.16. The molecule has 1 aliphatic rings. The van der Waals surface area contributed by atoms with E-state index in [2.05, 4.69) is 10.1 Å². The first-order valence-electron chi connectivity index (χ1n) is 8.08. The minimum absolute atomic E-state index is 0.301. The lowest BCUT2D eigenvalue weighted by Crippen LogP contribution is -2.39. The van der Waals surface area contributed by atoms with Crippen molar-refractivity contribution in [1.29, 1.82) is 0 Å². The van der Waals surface area contributed by atoms with Crippen LogP contribution in [0, 0.1) is 0 Å². The van der Waals surface area contributed by atoms with Gasteiger partial charge in [0.05, 0.1) is 5.52 Å². The second-order valence-electron chi connectivity index (χ2n) is 6.12. The van der Waals surface area contributed by atoms with E-state index in [-0.39, 0.29) is 10.6 Å². The molecule has 0 spiro atoms. The topological polar surface area (TPSA) is 60.3 Å². The highest BCUT2D eigenvalue weighted by molar-refractivity contribution is 7.90. The van der Waals surface area contributed by atoms with E-state index in [0.717, 1.165) is 28.0 Å². The van der Waals surface area contributed by atoms with Crippen LogP contribution in [0.15, 0.2) is 59.6 Å². The highest BCUT2D eigenvalue weighted by Gasteiger charge is 2.25. The van der Waals surface area contributed by atoms with Crippen LogP contribution in [0.1, 0.15) is 11.5 Å². The van der Waals surface area contributed by atoms with Crippen molar-refractivity contribution in [2.45, 2.75) is 17.4 Å². The molecule has 1 saturated heterocycles. The van der Waals surface area contributed by atoms with Crippen molar-refractivity contribution in [3.8, 4) is 5.75 Å². The van der Waals surface area contributed by atoms with Gasteiger partial charge in [0.15, 0.2) is 0 Å². The van der Waals surface area contributed by atoms with Crippen molar-refractivity contribution in [3.63, 3.8) is 0 Å². The van der Waals surface area contributed by atoms with E-state index in [4.69, 9.17) is 0 Å². The molecule has 1 aromatic heterocycles. The van der Waals surface area contributed by atoms with Gasteiger partial charge < -0.3 is 10.1 Å². The molecular formula is C18H16F2N2O3S. The van der Waals surface area contributed by atoms with Crippen molar-refractivity contribution in [2.24, 2.45) is 0 Å². The maximum Gasteiger partial charge on any atom is 0.387 e. The fourth-order valence-corrected chi connectivity index (χ4v) is 4.57. The van der Waals surface area contributed by atoms with Gasteiger partial charge in [-0.15, -0.1) is 0 Å². The summed E-state index contributed by atoms with van der Waals surface area (Å²) in [5.74, 6) is 0.0565. The number of halogens is 2.